The van der Waals surface area contributed by atoms with Crippen molar-refractivity contribution in [1.82, 2.24) is 5.48 Å². The molecule has 0 bridgehead atoms. The molecule has 1 N–H and O–H groups in total. The second-order valence-corrected chi connectivity index (χ2v) is 9.12. The normalized spacial score (nSPS) is 12.1. The quantitative estimate of drug-likeness (QED) is 0.109. The van der Waals surface area contributed by atoms with E-state index in [0.717, 1.165) is 16.9 Å². The highest BCUT2D eigenvalue weighted by Gasteiger charge is 2.07. The second-order valence-electron chi connectivity index (χ2n) is 7.36. The number of rotatable bonds is 17. The highest BCUT2D eigenvalue weighted by molar-refractivity contribution is 14.1. The van der Waals surface area contributed by atoms with Gasteiger partial charge in [-0.25, -0.2) is 4.79 Å². The number of benzene rings is 1. The molecule has 1 aromatic rings. The first kappa shape index (κ1) is 24.4. The smallest absolute Gasteiger partial charge is 0.356 e. The molecular formula is C23H38INO2. The molecule has 0 amide bonds. The average molecular weight is 487 g/mol. The Bertz CT molecular complexity index is 467. The standard InChI is InChI=1S/C23H38INO2/c1-2-3-4-5-6-7-8-9-10-14-18-22(24)19-15-20-25-27-23(26)21-16-12-11-13-17-21/h11-13,16-17,22,25H,2-10,14-15,18-20H2,1H3. The van der Waals surface area contributed by atoms with E-state index in [1.807, 2.05) is 18.2 Å². The monoisotopic (exact) mass is 487 g/mol. The summed E-state index contributed by atoms with van der Waals surface area (Å²) in [6.07, 6.45) is 17.5. The van der Waals surface area contributed by atoms with Gasteiger partial charge in [-0.3, -0.25) is 0 Å². The molecule has 0 fully saturated rings. The Hall–Kier alpha value is -0.620. The minimum Gasteiger partial charge on any atom is -0.367 e. The summed E-state index contributed by atoms with van der Waals surface area (Å²) in [5, 5.41) is 0. The first-order chi connectivity index (χ1) is 13.2. The number of unbranched alkanes of at least 4 members (excludes halogenated alkanes) is 9. The fourth-order valence-electron chi connectivity index (χ4n) is 3.14. The maximum atomic E-state index is 11.8. The van der Waals surface area contributed by atoms with Crippen LogP contribution in [0.3, 0.4) is 0 Å². The van der Waals surface area contributed by atoms with Gasteiger partial charge in [0.15, 0.2) is 0 Å². The average Bonchev–Trinajstić information content (AvgIpc) is 2.69. The third kappa shape index (κ3) is 14.1. The van der Waals surface area contributed by atoms with Crippen LogP contribution in [0.4, 0.5) is 0 Å². The number of nitrogens with one attached hydrogen (secondary N) is 1. The highest BCUT2D eigenvalue weighted by atomic mass is 127. The lowest BCUT2D eigenvalue weighted by Gasteiger charge is -2.10. The topological polar surface area (TPSA) is 38.3 Å². The maximum absolute atomic E-state index is 11.8. The molecule has 0 aliphatic rings. The van der Waals surface area contributed by atoms with Gasteiger partial charge in [0.1, 0.15) is 0 Å². The first-order valence-electron chi connectivity index (χ1n) is 10.9. The van der Waals surface area contributed by atoms with E-state index in [1.165, 1.54) is 77.0 Å². The van der Waals surface area contributed by atoms with Crippen LogP contribution in [0, 0.1) is 0 Å². The van der Waals surface area contributed by atoms with Crippen LogP contribution in [0.2, 0.25) is 0 Å². The van der Waals surface area contributed by atoms with Crippen LogP contribution >= 0.6 is 22.6 Å². The van der Waals surface area contributed by atoms with E-state index in [1.54, 1.807) is 12.1 Å². The van der Waals surface area contributed by atoms with Gasteiger partial charge in [0, 0.05) is 10.5 Å². The van der Waals surface area contributed by atoms with Crippen LogP contribution < -0.4 is 5.48 Å². The van der Waals surface area contributed by atoms with Gasteiger partial charge in [0.25, 0.3) is 0 Å². The predicted octanol–water partition coefficient (Wildman–Crippen LogP) is 7.24. The molecule has 1 atom stereocenters. The summed E-state index contributed by atoms with van der Waals surface area (Å²) in [7, 11) is 0. The molecule has 0 spiro atoms. The predicted molar refractivity (Wildman–Crippen MR) is 123 cm³/mol. The summed E-state index contributed by atoms with van der Waals surface area (Å²) in [6, 6.07) is 9.09. The summed E-state index contributed by atoms with van der Waals surface area (Å²) in [6.45, 7) is 2.99. The summed E-state index contributed by atoms with van der Waals surface area (Å²) in [5.74, 6) is -0.313. The van der Waals surface area contributed by atoms with E-state index in [0.29, 0.717) is 5.56 Å². The van der Waals surface area contributed by atoms with E-state index < -0.39 is 0 Å². The summed E-state index contributed by atoms with van der Waals surface area (Å²) >= 11 is 2.57. The van der Waals surface area contributed by atoms with Crippen molar-refractivity contribution in [3.8, 4) is 0 Å². The van der Waals surface area contributed by atoms with Gasteiger partial charge in [0.2, 0.25) is 0 Å². The third-order valence-electron chi connectivity index (χ3n) is 4.84. The molecular weight excluding hydrogens is 449 g/mol. The summed E-state index contributed by atoms with van der Waals surface area (Å²) in [4.78, 5) is 16.9. The Morgan fingerprint density at radius 2 is 1.44 bits per heavy atom. The largest absolute Gasteiger partial charge is 0.367 e. The number of carbonyl (C=O) groups is 1. The fourth-order valence-corrected chi connectivity index (χ4v) is 4.02. The first-order valence-corrected chi connectivity index (χ1v) is 12.1. The molecule has 27 heavy (non-hydrogen) atoms. The van der Waals surface area contributed by atoms with Crippen LogP contribution in [-0.4, -0.2) is 16.4 Å². The number of hydrogen-bond acceptors (Lipinski definition) is 3. The van der Waals surface area contributed by atoms with E-state index in [9.17, 15) is 4.79 Å². The van der Waals surface area contributed by atoms with E-state index in [4.69, 9.17) is 4.84 Å². The van der Waals surface area contributed by atoms with E-state index in [-0.39, 0.29) is 5.97 Å². The van der Waals surface area contributed by atoms with Crippen molar-refractivity contribution < 1.29 is 9.63 Å². The van der Waals surface area contributed by atoms with E-state index in [2.05, 4.69) is 35.0 Å². The Labute approximate surface area is 180 Å². The second kappa shape index (κ2) is 17.5. The Morgan fingerprint density at radius 1 is 0.889 bits per heavy atom. The number of halogens is 1. The lowest BCUT2D eigenvalue weighted by molar-refractivity contribution is 0.0251. The fraction of sp³-hybridized carbons (Fsp3) is 0.696. The summed E-state index contributed by atoms with van der Waals surface area (Å²) < 4.78 is 0.725. The highest BCUT2D eigenvalue weighted by Crippen LogP contribution is 2.18. The van der Waals surface area contributed by atoms with Crippen molar-refractivity contribution in [2.24, 2.45) is 0 Å². The van der Waals surface area contributed by atoms with Crippen molar-refractivity contribution >= 4 is 28.6 Å². The van der Waals surface area contributed by atoms with Gasteiger partial charge < -0.3 is 4.84 Å². The molecule has 4 heteroatoms. The van der Waals surface area contributed by atoms with Crippen molar-refractivity contribution in [2.45, 2.75) is 94.3 Å². The number of hydroxylamine groups is 1. The molecule has 0 aromatic heterocycles. The zero-order chi connectivity index (χ0) is 19.6. The van der Waals surface area contributed by atoms with Gasteiger partial charge in [-0.1, -0.05) is 112 Å². The third-order valence-corrected chi connectivity index (χ3v) is 6.09. The number of carbonyl (C=O) groups excluding carboxylic acids is 1. The maximum Gasteiger partial charge on any atom is 0.356 e. The van der Waals surface area contributed by atoms with Crippen LogP contribution in [-0.2, 0) is 4.84 Å². The minimum atomic E-state index is -0.313. The van der Waals surface area contributed by atoms with Crippen LogP contribution in [0.15, 0.2) is 30.3 Å². The molecule has 0 saturated heterocycles. The molecule has 1 rings (SSSR count). The number of hydrogen-bond donors (Lipinski definition) is 1. The van der Waals surface area contributed by atoms with Crippen molar-refractivity contribution in [1.29, 1.82) is 0 Å². The van der Waals surface area contributed by atoms with Crippen molar-refractivity contribution in [3.63, 3.8) is 0 Å². The van der Waals surface area contributed by atoms with Gasteiger partial charge in [0.05, 0.1) is 5.56 Å². The Balaban J connectivity index is 1.86. The molecule has 1 aromatic carbocycles. The van der Waals surface area contributed by atoms with Gasteiger partial charge in [-0.2, -0.15) is 5.48 Å². The van der Waals surface area contributed by atoms with Gasteiger partial charge in [-0.05, 0) is 31.4 Å². The molecule has 0 saturated carbocycles. The molecule has 0 heterocycles. The Morgan fingerprint density at radius 3 is 2.07 bits per heavy atom. The van der Waals surface area contributed by atoms with Crippen molar-refractivity contribution in [2.75, 3.05) is 6.54 Å². The van der Waals surface area contributed by atoms with Gasteiger partial charge >= 0.3 is 5.97 Å². The van der Waals surface area contributed by atoms with Crippen LogP contribution in [0.25, 0.3) is 0 Å². The van der Waals surface area contributed by atoms with E-state index >= 15 is 0 Å². The lowest BCUT2D eigenvalue weighted by Crippen LogP contribution is -2.21. The van der Waals surface area contributed by atoms with Crippen molar-refractivity contribution in [3.05, 3.63) is 35.9 Å². The van der Waals surface area contributed by atoms with Gasteiger partial charge in [-0.15, -0.1) is 0 Å². The Kier molecular flexibility index (Phi) is 15.8. The molecule has 0 aliphatic heterocycles. The molecule has 3 nitrogen and oxygen atoms in total. The minimum absolute atomic E-state index is 0.313. The summed E-state index contributed by atoms with van der Waals surface area (Å²) in [5.41, 5.74) is 3.38. The SMILES string of the molecule is CCCCCCCCCCCCC(I)CCCNOC(=O)c1ccccc1. The molecule has 0 aliphatic carbocycles. The zero-order valence-electron chi connectivity index (χ0n) is 17.1. The lowest BCUT2D eigenvalue weighted by atomic mass is 10.0. The van der Waals surface area contributed by atoms with Crippen LogP contribution in [0.5, 0.6) is 0 Å². The van der Waals surface area contributed by atoms with Crippen LogP contribution in [0.1, 0.15) is 101 Å². The molecule has 154 valence electrons. The number of alkyl halides is 1. The zero-order valence-corrected chi connectivity index (χ0v) is 19.2. The molecule has 0 radical (unpaired) electrons. The molecule has 1 unspecified atom stereocenters.